The Kier molecular flexibility index (Phi) is 3.35. The third-order valence-electron chi connectivity index (χ3n) is 2.48. The molecule has 0 spiro atoms. The van der Waals surface area contributed by atoms with Gasteiger partial charge in [-0.05, 0) is 34.7 Å². The minimum atomic E-state index is 0.290. The highest BCUT2D eigenvalue weighted by Crippen LogP contribution is 2.29. The van der Waals surface area contributed by atoms with E-state index in [1.807, 2.05) is 0 Å². The Balaban J connectivity index is 1.95. The van der Waals surface area contributed by atoms with Gasteiger partial charge in [-0.2, -0.15) is 0 Å². The summed E-state index contributed by atoms with van der Waals surface area (Å²) in [5.41, 5.74) is 0. The Bertz CT molecular complexity index is 307. The first-order chi connectivity index (χ1) is 6.79. The van der Waals surface area contributed by atoms with Crippen LogP contribution in [0, 0.1) is 5.92 Å². The van der Waals surface area contributed by atoms with Crippen LogP contribution < -0.4 is 4.90 Å². The summed E-state index contributed by atoms with van der Waals surface area (Å²) in [6.45, 7) is 2.33. The SMILES string of the molecule is OCCC1CCN(c2nnc(Br)s2)C1. The number of aliphatic hydroxyl groups is 1. The lowest BCUT2D eigenvalue weighted by Gasteiger charge is -2.13. The van der Waals surface area contributed by atoms with Crippen molar-refractivity contribution in [1.82, 2.24) is 10.2 Å². The lowest BCUT2D eigenvalue weighted by Crippen LogP contribution is -2.19. The van der Waals surface area contributed by atoms with Gasteiger partial charge < -0.3 is 10.0 Å². The van der Waals surface area contributed by atoms with Crippen molar-refractivity contribution in [2.24, 2.45) is 5.92 Å². The van der Waals surface area contributed by atoms with Gasteiger partial charge in [0.05, 0.1) is 0 Å². The summed E-state index contributed by atoms with van der Waals surface area (Å²) in [5.74, 6) is 0.614. The van der Waals surface area contributed by atoms with E-state index in [2.05, 4.69) is 31.0 Å². The normalized spacial score (nSPS) is 21.9. The first-order valence-corrected chi connectivity index (χ1v) is 6.25. The molecule has 1 aromatic rings. The Labute approximate surface area is 95.1 Å². The van der Waals surface area contributed by atoms with Crippen LogP contribution in [0.15, 0.2) is 3.92 Å². The fourth-order valence-corrected chi connectivity index (χ4v) is 2.87. The fourth-order valence-electron chi connectivity index (χ4n) is 1.75. The molecule has 0 bridgehead atoms. The summed E-state index contributed by atoms with van der Waals surface area (Å²) < 4.78 is 0.832. The van der Waals surface area contributed by atoms with E-state index in [0.29, 0.717) is 12.5 Å². The lowest BCUT2D eigenvalue weighted by atomic mass is 10.1. The molecule has 1 unspecified atom stereocenters. The molecule has 78 valence electrons. The molecule has 0 amide bonds. The summed E-state index contributed by atoms with van der Waals surface area (Å²) >= 11 is 4.87. The maximum absolute atomic E-state index is 8.84. The monoisotopic (exact) mass is 277 g/mol. The van der Waals surface area contributed by atoms with Gasteiger partial charge >= 0.3 is 0 Å². The average molecular weight is 278 g/mol. The van der Waals surface area contributed by atoms with Crippen LogP contribution in [0.2, 0.25) is 0 Å². The zero-order valence-corrected chi connectivity index (χ0v) is 10.1. The minimum Gasteiger partial charge on any atom is -0.396 e. The molecule has 1 aliphatic rings. The standard InChI is InChI=1S/C8H12BrN3OS/c9-7-10-11-8(14-7)12-3-1-6(5-12)2-4-13/h6,13H,1-5H2. The lowest BCUT2D eigenvalue weighted by molar-refractivity contribution is 0.263. The molecule has 14 heavy (non-hydrogen) atoms. The second-order valence-electron chi connectivity index (χ2n) is 3.45. The number of rotatable bonds is 3. The zero-order valence-electron chi connectivity index (χ0n) is 7.69. The summed E-state index contributed by atoms with van der Waals surface area (Å²) in [4.78, 5) is 2.24. The van der Waals surface area contributed by atoms with Crippen molar-refractivity contribution < 1.29 is 5.11 Å². The molecule has 1 saturated heterocycles. The van der Waals surface area contributed by atoms with E-state index < -0.39 is 0 Å². The molecule has 4 nitrogen and oxygen atoms in total. The predicted molar refractivity (Wildman–Crippen MR) is 59.6 cm³/mol. The highest BCUT2D eigenvalue weighted by molar-refractivity contribution is 9.11. The Morgan fingerprint density at radius 1 is 1.57 bits per heavy atom. The van der Waals surface area contributed by atoms with Crippen molar-refractivity contribution in [2.45, 2.75) is 12.8 Å². The van der Waals surface area contributed by atoms with Crippen molar-refractivity contribution in [3.63, 3.8) is 0 Å². The Hall–Kier alpha value is -0.200. The van der Waals surface area contributed by atoms with Gasteiger partial charge in [-0.15, -0.1) is 10.2 Å². The van der Waals surface area contributed by atoms with Gasteiger partial charge in [0.25, 0.3) is 0 Å². The predicted octanol–water partition coefficient (Wildman–Crippen LogP) is 1.51. The van der Waals surface area contributed by atoms with E-state index in [4.69, 9.17) is 5.11 Å². The Morgan fingerprint density at radius 2 is 2.43 bits per heavy atom. The molecule has 1 atom stereocenters. The molecular formula is C8H12BrN3OS. The third kappa shape index (κ3) is 2.24. The van der Waals surface area contributed by atoms with Gasteiger partial charge in [0.2, 0.25) is 5.13 Å². The van der Waals surface area contributed by atoms with E-state index in [-0.39, 0.29) is 0 Å². The highest BCUT2D eigenvalue weighted by Gasteiger charge is 2.24. The molecule has 2 rings (SSSR count). The van der Waals surface area contributed by atoms with E-state index in [1.54, 1.807) is 11.3 Å². The number of aliphatic hydroxyl groups excluding tert-OH is 1. The molecule has 0 saturated carbocycles. The smallest absolute Gasteiger partial charge is 0.209 e. The molecule has 1 fully saturated rings. The first-order valence-electron chi connectivity index (χ1n) is 4.64. The average Bonchev–Trinajstić information content (AvgIpc) is 2.74. The molecule has 6 heteroatoms. The van der Waals surface area contributed by atoms with Crippen molar-refractivity contribution in [3.05, 3.63) is 3.92 Å². The number of hydrogen-bond acceptors (Lipinski definition) is 5. The van der Waals surface area contributed by atoms with Gasteiger partial charge in [0.1, 0.15) is 0 Å². The summed E-state index contributed by atoms with van der Waals surface area (Å²) in [5, 5.41) is 17.8. The fraction of sp³-hybridized carbons (Fsp3) is 0.750. The van der Waals surface area contributed by atoms with Gasteiger partial charge in [-0.25, -0.2) is 0 Å². The molecule has 1 aromatic heterocycles. The van der Waals surface area contributed by atoms with Gasteiger partial charge in [0, 0.05) is 19.7 Å². The molecule has 1 N–H and O–H groups in total. The number of nitrogens with zero attached hydrogens (tertiary/aromatic N) is 3. The summed E-state index contributed by atoms with van der Waals surface area (Å²) in [6.07, 6.45) is 2.05. The zero-order chi connectivity index (χ0) is 9.97. The second kappa shape index (κ2) is 4.55. The van der Waals surface area contributed by atoms with Crippen LogP contribution in [0.3, 0.4) is 0 Å². The van der Waals surface area contributed by atoms with Crippen LogP contribution >= 0.6 is 27.3 Å². The van der Waals surface area contributed by atoms with Crippen LogP contribution in [0.5, 0.6) is 0 Å². The van der Waals surface area contributed by atoms with E-state index in [1.165, 1.54) is 0 Å². The van der Waals surface area contributed by atoms with Gasteiger partial charge in [-0.1, -0.05) is 11.3 Å². The molecule has 0 aliphatic carbocycles. The highest BCUT2D eigenvalue weighted by atomic mass is 79.9. The summed E-state index contributed by atoms with van der Waals surface area (Å²) in [6, 6.07) is 0. The minimum absolute atomic E-state index is 0.290. The molecule has 1 aliphatic heterocycles. The van der Waals surface area contributed by atoms with Crippen LogP contribution in [0.1, 0.15) is 12.8 Å². The van der Waals surface area contributed by atoms with Crippen LogP contribution in [0.4, 0.5) is 5.13 Å². The van der Waals surface area contributed by atoms with Crippen LogP contribution in [0.25, 0.3) is 0 Å². The quantitative estimate of drug-likeness (QED) is 0.910. The number of halogens is 1. The third-order valence-corrected chi connectivity index (χ3v) is 3.90. The van der Waals surface area contributed by atoms with Gasteiger partial charge in [0.15, 0.2) is 3.92 Å². The Morgan fingerprint density at radius 3 is 3.07 bits per heavy atom. The molecule has 0 aromatic carbocycles. The summed E-state index contributed by atoms with van der Waals surface area (Å²) in [7, 11) is 0. The largest absolute Gasteiger partial charge is 0.396 e. The van der Waals surface area contributed by atoms with E-state index in [0.717, 1.165) is 35.0 Å². The number of hydrogen-bond donors (Lipinski definition) is 1. The van der Waals surface area contributed by atoms with Gasteiger partial charge in [-0.3, -0.25) is 0 Å². The van der Waals surface area contributed by atoms with Crippen molar-refractivity contribution in [2.75, 3.05) is 24.6 Å². The van der Waals surface area contributed by atoms with Crippen LogP contribution in [-0.2, 0) is 0 Å². The van der Waals surface area contributed by atoms with Crippen molar-refractivity contribution >= 4 is 32.4 Å². The van der Waals surface area contributed by atoms with Crippen LogP contribution in [-0.4, -0.2) is 35.0 Å². The topological polar surface area (TPSA) is 49.2 Å². The van der Waals surface area contributed by atoms with Crippen molar-refractivity contribution in [1.29, 1.82) is 0 Å². The van der Waals surface area contributed by atoms with E-state index in [9.17, 15) is 0 Å². The second-order valence-corrected chi connectivity index (χ2v) is 5.68. The molecule has 0 radical (unpaired) electrons. The maximum Gasteiger partial charge on any atom is 0.209 e. The molecule has 2 heterocycles. The van der Waals surface area contributed by atoms with E-state index >= 15 is 0 Å². The maximum atomic E-state index is 8.84. The first kappa shape index (κ1) is 10.3. The molecular weight excluding hydrogens is 266 g/mol. The number of aromatic nitrogens is 2. The van der Waals surface area contributed by atoms with Crippen molar-refractivity contribution in [3.8, 4) is 0 Å². The number of anilines is 1.